The molecule has 11 heavy (non-hydrogen) atoms. The number of carbonyl (C=O) groups excluding carboxylic acids is 2. The van der Waals surface area contributed by atoms with Crippen LogP contribution in [0.3, 0.4) is 0 Å². The summed E-state index contributed by atoms with van der Waals surface area (Å²) < 4.78 is 9.21. The number of rotatable bonds is 2. The van der Waals surface area contributed by atoms with Crippen molar-refractivity contribution >= 4 is 11.9 Å². The molecular formula is C7H10O4. The largest absolute Gasteiger partial charge is 0.469 e. The Bertz CT molecular complexity index is 187. The molecule has 0 bridgehead atoms. The third-order valence-electron chi connectivity index (χ3n) is 1.55. The molecule has 1 rings (SSSR count). The molecule has 4 heteroatoms. The minimum absolute atomic E-state index is 0.219. The van der Waals surface area contributed by atoms with Gasteiger partial charge < -0.3 is 9.47 Å². The van der Waals surface area contributed by atoms with Crippen LogP contribution < -0.4 is 0 Å². The molecule has 1 aliphatic carbocycles. The van der Waals surface area contributed by atoms with Crippen LogP contribution in [0, 0.1) is 5.92 Å². The number of ether oxygens (including phenoxy) is 2. The predicted octanol–water partition coefficient (Wildman–Crippen LogP) is 0.111. The molecule has 0 aromatic carbocycles. The van der Waals surface area contributed by atoms with E-state index in [0.29, 0.717) is 6.42 Å². The molecule has 0 amide bonds. The molecule has 0 saturated heterocycles. The second kappa shape index (κ2) is 2.90. The normalized spacial score (nSPS) is 27.5. The Balaban J connectivity index is 2.26. The Morgan fingerprint density at radius 3 is 2.55 bits per heavy atom. The van der Waals surface area contributed by atoms with Gasteiger partial charge in [0.25, 0.3) is 0 Å². The van der Waals surface area contributed by atoms with Crippen LogP contribution >= 0.6 is 0 Å². The molecule has 0 aliphatic heterocycles. The van der Waals surface area contributed by atoms with Crippen LogP contribution in [-0.4, -0.2) is 25.2 Å². The molecule has 1 aliphatic rings. The molecule has 2 atom stereocenters. The highest BCUT2D eigenvalue weighted by Gasteiger charge is 2.46. The molecule has 0 unspecified atom stereocenters. The second-order valence-corrected chi connectivity index (χ2v) is 2.51. The first-order valence-corrected chi connectivity index (χ1v) is 3.40. The predicted molar refractivity (Wildman–Crippen MR) is 35.7 cm³/mol. The van der Waals surface area contributed by atoms with Crippen LogP contribution in [0.25, 0.3) is 0 Å². The fourth-order valence-corrected chi connectivity index (χ4v) is 0.915. The van der Waals surface area contributed by atoms with Gasteiger partial charge in [0.2, 0.25) is 0 Å². The standard InChI is InChI=1S/C7H10O4/c1-4(8)11-6-3-5(6)7(9)10-2/h5-6H,3H2,1-2H3/t5-,6+/m1/s1. The summed E-state index contributed by atoms with van der Waals surface area (Å²) in [6, 6.07) is 0. The summed E-state index contributed by atoms with van der Waals surface area (Å²) in [5.74, 6) is -0.860. The Hall–Kier alpha value is -1.06. The van der Waals surface area contributed by atoms with Crippen molar-refractivity contribution in [2.24, 2.45) is 5.92 Å². The van der Waals surface area contributed by atoms with E-state index in [0.717, 1.165) is 0 Å². The first-order chi connectivity index (χ1) is 5.15. The molecule has 4 nitrogen and oxygen atoms in total. The number of hydrogen-bond acceptors (Lipinski definition) is 4. The zero-order chi connectivity index (χ0) is 8.43. The fourth-order valence-electron chi connectivity index (χ4n) is 0.915. The molecule has 0 heterocycles. The number of hydrogen-bond donors (Lipinski definition) is 0. The van der Waals surface area contributed by atoms with Gasteiger partial charge in [-0.3, -0.25) is 9.59 Å². The van der Waals surface area contributed by atoms with E-state index < -0.39 is 0 Å². The lowest BCUT2D eigenvalue weighted by molar-refractivity contribution is -0.147. The first-order valence-electron chi connectivity index (χ1n) is 3.40. The van der Waals surface area contributed by atoms with Crippen molar-refractivity contribution in [2.75, 3.05) is 7.11 Å². The van der Waals surface area contributed by atoms with E-state index in [-0.39, 0.29) is 24.0 Å². The summed E-state index contributed by atoms with van der Waals surface area (Å²) in [4.78, 5) is 21.1. The Morgan fingerprint density at radius 1 is 1.45 bits per heavy atom. The lowest BCUT2D eigenvalue weighted by atomic mass is 10.4. The molecule has 0 spiro atoms. The zero-order valence-corrected chi connectivity index (χ0v) is 6.49. The van der Waals surface area contributed by atoms with Crippen molar-refractivity contribution in [1.29, 1.82) is 0 Å². The summed E-state index contributed by atoms with van der Waals surface area (Å²) in [5.41, 5.74) is 0. The average molecular weight is 158 g/mol. The molecule has 1 fully saturated rings. The Kier molecular flexibility index (Phi) is 2.12. The maximum absolute atomic E-state index is 10.8. The van der Waals surface area contributed by atoms with Gasteiger partial charge in [0, 0.05) is 13.3 Å². The van der Waals surface area contributed by atoms with Gasteiger partial charge in [0.05, 0.1) is 13.0 Å². The highest BCUT2D eigenvalue weighted by molar-refractivity contribution is 5.77. The molecule has 1 saturated carbocycles. The first kappa shape index (κ1) is 8.04. The molecule has 0 aromatic heterocycles. The van der Waals surface area contributed by atoms with Gasteiger partial charge in [-0.15, -0.1) is 0 Å². The Morgan fingerprint density at radius 2 is 2.09 bits per heavy atom. The molecule has 0 aromatic rings. The van der Waals surface area contributed by atoms with Crippen LogP contribution in [0.15, 0.2) is 0 Å². The maximum Gasteiger partial charge on any atom is 0.312 e. The summed E-state index contributed by atoms with van der Waals surface area (Å²) in [5, 5.41) is 0. The van der Waals surface area contributed by atoms with E-state index in [1.54, 1.807) is 0 Å². The summed E-state index contributed by atoms with van der Waals surface area (Å²) in [6.07, 6.45) is 0.367. The van der Waals surface area contributed by atoms with Gasteiger partial charge in [-0.1, -0.05) is 0 Å². The van der Waals surface area contributed by atoms with Gasteiger partial charge >= 0.3 is 11.9 Å². The molecular weight excluding hydrogens is 148 g/mol. The average Bonchev–Trinajstić information content (AvgIpc) is 2.65. The lowest BCUT2D eigenvalue weighted by Gasteiger charge is -1.98. The number of esters is 2. The van der Waals surface area contributed by atoms with Crippen molar-refractivity contribution < 1.29 is 19.1 Å². The maximum atomic E-state index is 10.8. The van der Waals surface area contributed by atoms with E-state index in [2.05, 4.69) is 4.74 Å². The van der Waals surface area contributed by atoms with Crippen LogP contribution in [0.4, 0.5) is 0 Å². The van der Waals surface area contributed by atoms with Gasteiger partial charge in [-0.05, 0) is 0 Å². The van der Waals surface area contributed by atoms with Crippen molar-refractivity contribution in [3.8, 4) is 0 Å². The van der Waals surface area contributed by atoms with Crippen molar-refractivity contribution in [2.45, 2.75) is 19.4 Å². The lowest BCUT2D eigenvalue weighted by Crippen LogP contribution is -2.10. The minimum Gasteiger partial charge on any atom is -0.469 e. The summed E-state index contributed by atoms with van der Waals surface area (Å²) in [7, 11) is 1.32. The van der Waals surface area contributed by atoms with Crippen molar-refractivity contribution in [3.05, 3.63) is 0 Å². The fraction of sp³-hybridized carbons (Fsp3) is 0.714. The van der Waals surface area contributed by atoms with E-state index in [1.807, 2.05) is 0 Å². The topological polar surface area (TPSA) is 52.6 Å². The van der Waals surface area contributed by atoms with Gasteiger partial charge in [0.15, 0.2) is 0 Å². The Labute approximate surface area is 64.5 Å². The SMILES string of the molecule is COC(=O)[C@@H]1C[C@@H]1OC(C)=O. The van der Waals surface area contributed by atoms with Crippen LogP contribution in [-0.2, 0) is 19.1 Å². The van der Waals surface area contributed by atoms with Gasteiger partial charge in [-0.25, -0.2) is 0 Å². The third kappa shape index (κ3) is 1.93. The van der Waals surface area contributed by atoms with E-state index in [9.17, 15) is 9.59 Å². The summed E-state index contributed by atoms with van der Waals surface area (Å²) in [6.45, 7) is 1.33. The zero-order valence-electron chi connectivity index (χ0n) is 6.49. The van der Waals surface area contributed by atoms with Crippen molar-refractivity contribution in [3.63, 3.8) is 0 Å². The van der Waals surface area contributed by atoms with Crippen LogP contribution in [0.1, 0.15) is 13.3 Å². The highest BCUT2D eigenvalue weighted by Crippen LogP contribution is 2.34. The molecule has 0 N–H and O–H groups in total. The van der Waals surface area contributed by atoms with Crippen LogP contribution in [0.2, 0.25) is 0 Å². The monoisotopic (exact) mass is 158 g/mol. The molecule has 0 radical (unpaired) electrons. The smallest absolute Gasteiger partial charge is 0.312 e. The van der Waals surface area contributed by atoms with Gasteiger partial charge in [0.1, 0.15) is 6.10 Å². The quantitative estimate of drug-likeness (QED) is 0.535. The molecule has 62 valence electrons. The second-order valence-electron chi connectivity index (χ2n) is 2.51. The number of methoxy groups -OCH3 is 1. The van der Waals surface area contributed by atoms with E-state index in [4.69, 9.17) is 4.74 Å². The van der Waals surface area contributed by atoms with Gasteiger partial charge in [-0.2, -0.15) is 0 Å². The third-order valence-corrected chi connectivity index (χ3v) is 1.55. The van der Waals surface area contributed by atoms with Crippen LogP contribution in [0.5, 0.6) is 0 Å². The van der Waals surface area contributed by atoms with E-state index in [1.165, 1.54) is 14.0 Å². The van der Waals surface area contributed by atoms with Crippen molar-refractivity contribution in [1.82, 2.24) is 0 Å². The van der Waals surface area contributed by atoms with E-state index >= 15 is 0 Å². The highest BCUT2D eigenvalue weighted by atomic mass is 16.6. The summed E-state index contributed by atoms with van der Waals surface area (Å²) >= 11 is 0. The number of carbonyl (C=O) groups is 2. The minimum atomic E-state index is -0.346.